The van der Waals surface area contributed by atoms with Crippen molar-refractivity contribution in [3.63, 3.8) is 0 Å². The highest BCUT2D eigenvalue weighted by Crippen LogP contribution is 2.31. The van der Waals surface area contributed by atoms with Crippen molar-refractivity contribution in [3.05, 3.63) is 22.9 Å². The van der Waals surface area contributed by atoms with E-state index in [1.165, 1.54) is 14.1 Å². The Labute approximate surface area is 147 Å². The van der Waals surface area contributed by atoms with Gasteiger partial charge in [-0.3, -0.25) is 0 Å². The molecule has 0 unspecified atom stereocenters. The van der Waals surface area contributed by atoms with Gasteiger partial charge in [0.15, 0.2) is 0 Å². The van der Waals surface area contributed by atoms with Gasteiger partial charge >= 0.3 is 5.97 Å². The van der Waals surface area contributed by atoms with Crippen molar-refractivity contribution in [2.24, 2.45) is 5.92 Å². The summed E-state index contributed by atoms with van der Waals surface area (Å²) in [7, 11) is -0.531. The fraction of sp³-hybridized carbons (Fsp3) is 0.625. The zero-order valence-corrected chi connectivity index (χ0v) is 15.2. The summed E-state index contributed by atoms with van der Waals surface area (Å²) in [4.78, 5) is 17.9. The van der Waals surface area contributed by atoms with E-state index in [9.17, 15) is 23.4 Å². The summed E-state index contributed by atoms with van der Waals surface area (Å²) in [6.45, 7) is 0.444. The van der Waals surface area contributed by atoms with Crippen LogP contribution in [0.15, 0.2) is 6.07 Å². The SMILES string of the molecule is CN(C)S(=O)(=O)C[C@@H]1CN(c2nc3c(cc2C(=O)O)CCC3)C[C@H]1O. The smallest absolute Gasteiger partial charge is 0.339 e. The van der Waals surface area contributed by atoms with Crippen LogP contribution in [-0.2, 0) is 22.9 Å². The molecule has 0 bridgehead atoms. The second kappa shape index (κ2) is 6.54. The molecule has 3 rings (SSSR count). The molecule has 0 spiro atoms. The Morgan fingerprint density at radius 2 is 2.08 bits per heavy atom. The standard InChI is InChI=1S/C16H23N3O5S/c1-18(2)25(23,24)9-11-7-19(8-14(11)20)15-12(16(21)22)6-10-4-3-5-13(10)17-15/h6,11,14,20H,3-5,7-9H2,1-2H3,(H,21,22)/t11-,14+/m0/s1. The second-order valence-corrected chi connectivity index (χ2v) is 9.14. The van der Waals surface area contributed by atoms with E-state index in [0.717, 1.165) is 34.8 Å². The number of aryl methyl sites for hydroxylation is 2. The Morgan fingerprint density at radius 3 is 2.72 bits per heavy atom. The lowest BCUT2D eigenvalue weighted by molar-refractivity contribution is 0.0697. The van der Waals surface area contributed by atoms with Crippen LogP contribution in [-0.4, -0.2) is 72.9 Å². The molecule has 0 saturated carbocycles. The van der Waals surface area contributed by atoms with Gasteiger partial charge in [0.25, 0.3) is 0 Å². The molecule has 9 heteroatoms. The van der Waals surface area contributed by atoms with Crippen molar-refractivity contribution in [1.29, 1.82) is 0 Å². The molecule has 2 aliphatic rings. The topological polar surface area (TPSA) is 111 Å². The third kappa shape index (κ3) is 3.49. The predicted molar refractivity (Wildman–Crippen MR) is 92.4 cm³/mol. The first-order valence-electron chi connectivity index (χ1n) is 8.28. The fourth-order valence-electron chi connectivity index (χ4n) is 3.47. The van der Waals surface area contributed by atoms with Gasteiger partial charge in [0.05, 0.1) is 11.9 Å². The van der Waals surface area contributed by atoms with Gasteiger partial charge in [0.1, 0.15) is 11.4 Å². The minimum atomic E-state index is -3.45. The van der Waals surface area contributed by atoms with E-state index in [1.54, 1.807) is 11.0 Å². The predicted octanol–water partition coefficient (Wildman–Crippen LogP) is -0.0430. The van der Waals surface area contributed by atoms with Gasteiger partial charge in [-0.1, -0.05) is 0 Å². The number of aromatic carboxylic acids is 1. The molecule has 2 heterocycles. The van der Waals surface area contributed by atoms with E-state index < -0.39 is 28.0 Å². The van der Waals surface area contributed by atoms with E-state index >= 15 is 0 Å². The van der Waals surface area contributed by atoms with E-state index in [-0.39, 0.29) is 24.4 Å². The molecule has 1 aliphatic heterocycles. The van der Waals surface area contributed by atoms with E-state index in [1.807, 2.05) is 0 Å². The van der Waals surface area contributed by atoms with Crippen molar-refractivity contribution in [2.75, 3.05) is 37.8 Å². The van der Waals surface area contributed by atoms with Crippen LogP contribution in [0.1, 0.15) is 28.0 Å². The van der Waals surface area contributed by atoms with Crippen LogP contribution < -0.4 is 4.90 Å². The zero-order chi connectivity index (χ0) is 18.4. The highest BCUT2D eigenvalue weighted by atomic mass is 32.2. The first-order valence-corrected chi connectivity index (χ1v) is 9.89. The zero-order valence-electron chi connectivity index (χ0n) is 14.3. The minimum Gasteiger partial charge on any atom is -0.478 e. The number of fused-ring (bicyclic) bond motifs is 1. The third-order valence-electron chi connectivity index (χ3n) is 4.95. The molecule has 1 aromatic rings. The van der Waals surface area contributed by atoms with Crippen LogP contribution in [0.4, 0.5) is 5.82 Å². The number of nitrogens with zero attached hydrogens (tertiary/aromatic N) is 3. The molecule has 0 amide bonds. The van der Waals surface area contributed by atoms with Gasteiger partial charge in [-0.15, -0.1) is 0 Å². The van der Waals surface area contributed by atoms with E-state index in [0.29, 0.717) is 5.82 Å². The number of β-amino-alcohol motifs (C(OH)–C–C–N with tert-alkyl or cyclic N) is 1. The average molecular weight is 369 g/mol. The maximum absolute atomic E-state index is 12.1. The molecule has 1 aromatic heterocycles. The highest BCUT2D eigenvalue weighted by molar-refractivity contribution is 7.89. The number of pyridine rings is 1. The van der Waals surface area contributed by atoms with Crippen LogP contribution >= 0.6 is 0 Å². The van der Waals surface area contributed by atoms with Crippen molar-refractivity contribution in [1.82, 2.24) is 9.29 Å². The Morgan fingerprint density at radius 1 is 1.36 bits per heavy atom. The molecule has 1 fully saturated rings. The van der Waals surface area contributed by atoms with Crippen LogP contribution in [0, 0.1) is 5.92 Å². The number of anilines is 1. The van der Waals surface area contributed by atoms with Gasteiger partial charge in [-0.25, -0.2) is 22.5 Å². The number of aromatic nitrogens is 1. The van der Waals surface area contributed by atoms with E-state index in [4.69, 9.17) is 0 Å². The Balaban J connectivity index is 1.87. The number of aliphatic hydroxyl groups is 1. The summed E-state index contributed by atoms with van der Waals surface area (Å²) in [6.07, 6.45) is 1.76. The number of hydrogen-bond acceptors (Lipinski definition) is 6. The van der Waals surface area contributed by atoms with E-state index in [2.05, 4.69) is 4.98 Å². The lowest BCUT2D eigenvalue weighted by atomic mass is 10.1. The second-order valence-electron chi connectivity index (χ2n) is 6.92. The first kappa shape index (κ1) is 18.1. The summed E-state index contributed by atoms with van der Waals surface area (Å²) in [5.74, 6) is -1.39. The Bertz CT molecular complexity index is 793. The van der Waals surface area contributed by atoms with Crippen molar-refractivity contribution >= 4 is 21.8 Å². The van der Waals surface area contributed by atoms with Crippen LogP contribution in [0.5, 0.6) is 0 Å². The van der Waals surface area contributed by atoms with Crippen molar-refractivity contribution in [3.8, 4) is 0 Å². The van der Waals surface area contributed by atoms with Gasteiger partial charge in [-0.2, -0.15) is 0 Å². The Kier molecular flexibility index (Phi) is 4.74. The molecule has 0 aromatic carbocycles. The summed E-state index contributed by atoms with van der Waals surface area (Å²) >= 11 is 0. The molecule has 0 radical (unpaired) electrons. The summed E-state index contributed by atoms with van der Waals surface area (Å²) < 4.78 is 25.3. The molecule has 1 aliphatic carbocycles. The molecule has 2 atom stereocenters. The number of hydrogen-bond donors (Lipinski definition) is 2. The fourth-order valence-corrected chi connectivity index (χ4v) is 4.64. The monoisotopic (exact) mass is 369 g/mol. The molecule has 1 saturated heterocycles. The minimum absolute atomic E-state index is 0.115. The van der Waals surface area contributed by atoms with Crippen LogP contribution in [0.25, 0.3) is 0 Å². The van der Waals surface area contributed by atoms with Crippen LogP contribution in [0.2, 0.25) is 0 Å². The number of aliphatic hydroxyl groups excluding tert-OH is 1. The lowest BCUT2D eigenvalue weighted by Gasteiger charge is -2.21. The lowest BCUT2D eigenvalue weighted by Crippen LogP contribution is -2.33. The Hall–Kier alpha value is -1.71. The van der Waals surface area contributed by atoms with Crippen LogP contribution in [0.3, 0.4) is 0 Å². The number of rotatable bonds is 5. The van der Waals surface area contributed by atoms with Gasteiger partial charge in [0.2, 0.25) is 10.0 Å². The normalized spacial score (nSPS) is 23.3. The van der Waals surface area contributed by atoms with Gasteiger partial charge in [-0.05, 0) is 30.9 Å². The summed E-state index contributed by atoms with van der Waals surface area (Å²) in [5, 5.41) is 19.8. The number of carboxylic acid groups (broad SMARTS) is 1. The molecular weight excluding hydrogens is 346 g/mol. The first-order chi connectivity index (χ1) is 11.7. The van der Waals surface area contributed by atoms with Gasteiger partial charge in [0, 0.05) is 38.8 Å². The average Bonchev–Trinajstić information content (AvgIpc) is 3.11. The molecule has 25 heavy (non-hydrogen) atoms. The van der Waals surface area contributed by atoms with Crippen molar-refractivity contribution < 1.29 is 23.4 Å². The molecule has 138 valence electrons. The largest absolute Gasteiger partial charge is 0.478 e. The molecular formula is C16H23N3O5S. The quantitative estimate of drug-likeness (QED) is 0.749. The third-order valence-corrected chi connectivity index (χ3v) is 6.91. The number of sulfonamides is 1. The molecule has 8 nitrogen and oxygen atoms in total. The van der Waals surface area contributed by atoms with Crippen molar-refractivity contribution in [2.45, 2.75) is 25.4 Å². The molecule has 2 N–H and O–H groups in total. The summed E-state index contributed by atoms with van der Waals surface area (Å²) in [6, 6.07) is 1.67. The maximum Gasteiger partial charge on any atom is 0.339 e. The highest BCUT2D eigenvalue weighted by Gasteiger charge is 2.37. The number of carboxylic acids is 1. The van der Waals surface area contributed by atoms with Gasteiger partial charge < -0.3 is 15.1 Å². The number of carbonyl (C=O) groups is 1. The summed E-state index contributed by atoms with van der Waals surface area (Å²) in [5.41, 5.74) is 1.98. The maximum atomic E-state index is 12.1.